The van der Waals surface area contributed by atoms with Gasteiger partial charge in [-0.1, -0.05) is 11.6 Å². The normalized spacial score (nSPS) is 19.2. The minimum absolute atomic E-state index is 0.0400. The Morgan fingerprint density at radius 3 is 2.54 bits per heavy atom. The summed E-state index contributed by atoms with van der Waals surface area (Å²) < 4.78 is 31.9. The number of sulfonamides is 1. The molecule has 0 aromatic heterocycles. The lowest BCUT2D eigenvalue weighted by Gasteiger charge is -2.17. The number of rotatable bonds is 6. The number of ether oxygens (including phenoxy) is 1. The van der Waals surface area contributed by atoms with Gasteiger partial charge in [0.1, 0.15) is 4.90 Å². The van der Waals surface area contributed by atoms with Crippen LogP contribution in [0.15, 0.2) is 23.1 Å². The molecule has 1 N–H and O–H groups in total. The van der Waals surface area contributed by atoms with E-state index in [1.165, 1.54) is 29.4 Å². The summed E-state index contributed by atoms with van der Waals surface area (Å²) in [6.07, 6.45) is 2.50. The number of hydrogen-bond acceptors (Lipinski definition) is 5. The molecule has 142 valence electrons. The number of nitrogens with zero attached hydrogens (tertiary/aromatic N) is 1. The highest BCUT2D eigenvalue weighted by Crippen LogP contribution is 2.28. The molecule has 1 saturated carbocycles. The maximum atomic E-state index is 12.7. The zero-order valence-corrected chi connectivity index (χ0v) is 16.0. The Morgan fingerprint density at radius 1 is 1.27 bits per heavy atom. The van der Waals surface area contributed by atoms with Crippen LogP contribution in [0.2, 0.25) is 5.02 Å². The number of halogens is 1. The van der Waals surface area contributed by atoms with Crippen molar-refractivity contribution in [3.63, 3.8) is 0 Å². The van der Waals surface area contributed by atoms with Crippen molar-refractivity contribution in [3.8, 4) is 0 Å². The molecule has 2 fully saturated rings. The largest absolute Gasteiger partial charge is 0.449 e. The van der Waals surface area contributed by atoms with E-state index in [-0.39, 0.29) is 27.4 Å². The third kappa shape index (κ3) is 4.19. The molecule has 1 aromatic rings. The Balaban J connectivity index is 1.75. The van der Waals surface area contributed by atoms with Crippen LogP contribution in [0.1, 0.15) is 43.0 Å². The molecule has 9 heteroatoms. The number of amides is 1. The van der Waals surface area contributed by atoms with Crippen molar-refractivity contribution >= 4 is 33.5 Å². The summed E-state index contributed by atoms with van der Waals surface area (Å²) in [5.41, 5.74) is 0.0400. The van der Waals surface area contributed by atoms with Crippen LogP contribution in [0.25, 0.3) is 0 Å². The van der Waals surface area contributed by atoms with Gasteiger partial charge in [-0.3, -0.25) is 4.79 Å². The van der Waals surface area contributed by atoms with Gasteiger partial charge in [0.2, 0.25) is 10.0 Å². The summed E-state index contributed by atoms with van der Waals surface area (Å²) in [5.74, 6) is -1.13. The van der Waals surface area contributed by atoms with E-state index in [4.69, 9.17) is 16.3 Å². The zero-order chi connectivity index (χ0) is 18.9. The predicted molar refractivity (Wildman–Crippen MR) is 95.5 cm³/mol. The Bertz CT molecular complexity index is 816. The molecule has 2 aliphatic rings. The van der Waals surface area contributed by atoms with E-state index in [0.717, 1.165) is 25.7 Å². The first-order chi connectivity index (χ1) is 12.3. The summed E-state index contributed by atoms with van der Waals surface area (Å²) in [5, 5.41) is 2.80. The lowest BCUT2D eigenvalue weighted by atomic mass is 10.2. The molecule has 0 spiro atoms. The first-order valence-electron chi connectivity index (χ1n) is 8.60. The van der Waals surface area contributed by atoms with Crippen LogP contribution < -0.4 is 5.32 Å². The molecule has 7 nitrogen and oxygen atoms in total. The van der Waals surface area contributed by atoms with Crippen molar-refractivity contribution in [2.75, 3.05) is 13.1 Å². The highest BCUT2D eigenvalue weighted by molar-refractivity contribution is 7.89. The lowest BCUT2D eigenvalue weighted by Crippen LogP contribution is -2.37. The maximum absolute atomic E-state index is 12.7. The Labute approximate surface area is 157 Å². The molecular formula is C17H21ClN2O5S. The first kappa shape index (κ1) is 19.1. The molecule has 1 saturated heterocycles. The van der Waals surface area contributed by atoms with Gasteiger partial charge in [0, 0.05) is 19.1 Å². The quantitative estimate of drug-likeness (QED) is 0.737. The molecule has 1 aliphatic heterocycles. The molecule has 1 atom stereocenters. The fourth-order valence-corrected chi connectivity index (χ4v) is 4.74. The molecular weight excluding hydrogens is 380 g/mol. The third-order valence-corrected chi connectivity index (χ3v) is 6.81. The molecule has 1 aromatic carbocycles. The first-order valence-corrected chi connectivity index (χ1v) is 10.4. The fraction of sp³-hybridized carbons (Fsp3) is 0.529. The van der Waals surface area contributed by atoms with E-state index >= 15 is 0 Å². The van der Waals surface area contributed by atoms with Crippen molar-refractivity contribution in [3.05, 3.63) is 28.8 Å². The van der Waals surface area contributed by atoms with E-state index in [1.54, 1.807) is 0 Å². The molecule has 1 amide bonds. The fourth-order valence-electron chi connectivity index (χ4n) is 2.72. The number of esters is 1. The Hall–Kier alpha value is -1.64. The SMILES string of the molecule is C[C@H](OC(=O)c1ccc(Cl)c(S(=O)(=O)N2CCCC2)c1)C(=O)NC1CC1. The second-order valence-corrected chi connectivity index (χ2v) is 8.90. The third-order valence-electron chi connectivity index (χ3n) is 4.43. The Kier molecular flexibility index (Phi) is 5.55. The standard InChI is InChI=1S/C17H21ClN2O5S/c1-11(16(21)19-13-5-6-13)25-17(22)12-4-7-14(18)15(10-12)26(23,24)20-8-2-3-9-20/h4,7,10-11,13H,2-3,5-6,8-9H2,1H3,(H,19,21)/t11-/m0/s1. The van der Waals surface area contributed by atoms with Gasteiger partial charge in [-0.2, -0.15) is 4.31 Å². The lowest BCUT2D eigenvalue weighted by molar-refractivity contribution is -0.129. The van der Waals surface area contributed by atoms with Crippen LogP contribution in [0.4, 0.5) is 0 Å². The van der Waals surface area contributed by atoms with Crippen LogP contribution in [0.3, 0.4) is 0 Å². The second-order valence-electron chi connectivity index (χ2n) is 6.59. The predicted octanol–water partition coefficient (Wildman–Crippen LogP) is 1.95. The minimum Gasteiger partial charge on any atom is -0.449 e. The maximum Gasteiger partial charge on any atom is 0.338 e. The van der Waals surface area contributed by atoms with Crippen molar-refractivity contribution in [2.24, 2.45) is 0 Å². The summed E-state index contributed by atoms with van der Waals surface area (Å²) >= 11 is 6.06. The molecule has 0 bridgehead atoms. The van der Waals surface area contributed by atoms with Gasteiger partial charge in [-0.25, -0.2) is 13.2 Å². The van der Waals surface area contributed by atoms with E-state index in [2.05, 4.69) is 5.32 Å². The Morgan fingerprint density at radius 2 is 1.92 bits per heavy atom. The summed E-state index contributed by atoms with van der Waals surface area (Å²) in [4.78, 5) is 24.1. The van der Waals surface area contributed by atoms with Crippen LogP contribution in [-0.2, 0) is 19.6 Å². The molecule has 0 unspecified atom stereocenters. The van der Waals surface area contributed by atoms with Crippen LogP contribution in [-0.4, -0.2) is 49.8 Å². The minimum atomic E-state index is -3.76. The number of hydrogen-bond donors (Lipinski definition) is 1. The number of carbonyl (C=O) groups excluding carboxylic acids is 2. The van der Waals surface area contributed by atoms with Crippen LogP contribution in [0, 0.1) is 0 Å². The molecule has 0 radical (unpaired) electrons. The summed E-state index contributed by atoms with van der Waals surface area (Å²) in [6, 6.07) is 4.12. The van der Waals surface area contributed by atoms with E-state index < -0.39 is 22.1 Å². The van der Waals surface area contributed by atoms with Gasteiger partial charge in [-0.15, -0.1) is 0 Å². The van der Waals surface area contributed by atoms with Gasteiger partial charge >= 0.3 is 5.97 Å². The monoisotopic (exact) mass is 400 g/mol. The smallest absolute Gasteiger partial charge is 0.338 e. The number of carbonyl (C=O) groups is 2. The highest BCUT2D eigenvalue weighted by atomic mass is 35.5. The number of nitrogens with one attached hydrogen (secondary N) is 1. The van der Waals surface area contributed by atoms with Gasteiger partial charge in [-0.05, 0) is 50.8 Å². The van der Waals surface area contributed by atoms with Crippen LogP contribution >= 0.6 is 11.6 Å². The van der Waals surface area contributed by atoms with Gasteiger partial charge in [0.05, 0.1) is 10.6 Å². The molecule has 3 rings (SSSR count). The van der Waals surface area contributed by atoms with E-state index in [1.807, 2.05) is 0 Å². The van der Waals surface area contributed by atoms with Crippen LogP contribution in [0.5, 0.6) is 0 Å². The van der Waals surface area contributed by atoms with E-state index in [0.29, 0.717) is 13.1 Å². The second kappa shape index (κ2) is 7.54. The molecule has 1 heterocycles. The topological polar surface area (TPSA) is 92.8 Å². The van der Waals surface area contributed by atoms with Gasteiger partial charge < -0.3 is 10.1 Å². The van der Waals surface area contributed by atoms with Crippen molar-refractivity contribution in [1.29, 1.82) is 0 Å². The average Bonchev–Trinajstić information content (AvgIpc) is 3.23. The average molecular weight is 401 g/mol. The van der Waals surface area contributed by atoms with Crippen molar-refractivity contribution in [2.45, 2.75) is 49.6 Å². The van der Waals surface area contributed by atoms with Crippen molar-refractivity contribution in [1.82, 2.24) is 9.62 Å². The summed E-state index contributed by atoms with van der Waals surface area (Å²) in [7, 11) is -3.76. The molecule has 1 aliphatic carbocycles. The van der Waals surface area contributed by atoms with E-state index in [9.17, 15) is 18.0 Å². The highest BCUT2D eigenvalue weighted by Gasteiger charge is 2.31. The number of benzene rings is 1. The van der Waals surface area contributed by atoms with Gasteiger partial charge in [0.15, 0.2) is 6.10 Å². The van der Waals surface area contributed by atoms with Gasteiger partial charge in [0.25, 0.3) is 5.91 Å². The molecule has 26 heavy (non-hydrogen) atoms. The van der Waals surface area contributed by atoms with Crippen molar-refractivity contribution < 1.29 is 22.7 Å². The summed E-state index contributed by atoms with van der Waals surface area (Å²) in [6.45, 7) is 2.35. The zero-order valence-electron chi connectivity index (χ0n) is 14.4.